The predicted molar refractivity (Wildman–Crippen MR) is 81.8 cm³/mol. The van der Waals surface area contributed by atoms with Gasteiger partial charge in [-0.3, -0.25) is 0 Å². The second kappa shape index (κ2) is 7.26. The van der Waals surface area contributed by atoms with Gasteiger partial charge in [-0.2, -0.15) is 0 Å². The Kier molecular flexibility index (Phi) is 5.39. The van der Waals surface area contributed by atoms with Crippen molar-refractivity contribution in [3.63, 3.8) is 0 Å². The first-order valence-electron chi connectivity index (χ1n) is 9.06. The lowest BCUT2D eigenvalue weighted by Crippen LogP contribution is -2.39. The molecule has 20 heavy (non-hydrogen) atoms. The van der Waals surface area contributed by atoms with Crippen LogP contribution in [0.1, 0.15) is 71.1 Å². The maximum absolute atomic E-state index is 6.29. The fourth-order valence-electron chi connectivity index (χ4n) is 4.42. The fourth-order valence-corrected chi connectivity index (χ4v) is 4.42. The Labute approximate surface area is 124 Å². The lowest BCUT2D eigenvalue weighted by molar-refractivity contribution is -0.113. The monoisotopic (exact) mass is 280 g/mol. The topological polar surface area (TPSA) is 18.5 Å². The molecule has 2 saturated heterocycles. The summed E-state index contributed by atoms with van der Waals surface area (Å²) in [7, 11) is 0. The molecule has 0 unspecified atom stereocenters. The van der Waals surface area contributed by atoms with Crippen LogP contribution in [0.25, 0.3) is 0 Å². The minimum Gasteiger partial charge on any atom is -0.378 e. The molecule has 0 N–H and O–H groups in total. The first-order chi connectivity index (χ1) is 9.83. The molecule has 3 fully saturated rings. The Bertz CT molecular complexity index is 267. The van der Waals surface area contributed by atoms with Crippen molar-refractivity contribution >= 4 is 0 Å². The van der Waals surface area contributed by atoms with Crippen molar-refractivity contribution in [1.29, 1.82) is 0 Å². The highest BCUT2D eigenvalue weighted by Crippen LogP contribution is 2.35. The van der Waals surface area contributed by atoms with E-state index in [1.54, 1.807) is 0 Å². The average molecular weight is 280 g/mol. The summed E-state index contributed by atoms with van der Waals surface area (Å²) < 4.78 is 12.3. The summed E-state index contributed by atoms with van der Waals surface area (Å²) in [5, 5.41) is 0. The van der Waals surface area contributed by atoms with Crippen LogP contribution in [-0.4, -0.2) is 25.4 Å². The van der Waals surface area contributed by atoms with Gasteiger partial charge in [0.05, 0.1) is 18.8 Å². The van der Waals surface area contributed by atoms with Crippen molar-refractivity contribution in [1.82, 2.24) is 0 Å². The van der Waals surface area contributed by atoms with Crippen molar-refractivity contribution in [2.45, 2.75) is 83.3 Å². The van der Waals surface area contributed by atoms with Crippen molar-refractivity contribution < 1.29 is 9.47 Å². The van der Waals surface area contributed by atoms with Gasteiger partial charge in [-0.25, -0.2) is 0 Å². The first kappa shape index (κ1) is 14.8. The van der Waals surface area contributed by atoms with Gasteiger partial charge in [0.2, 0.25) is 0 Å². The van der Waals surface area contributed by atoms with E-state index in [2.05, 4.69) is 6.92 Å². The quantitative estimate of drug-likeness (QED) is 0.690. The minimum atomic E-state index is 0.487. The third kappa shape index (κ3) is 3.76. The van der Waals surface area contributed by atoms with Crippen molar-refractivity contribution in [3.8, 4) is 0 Å². The van der Waals surface area contributed by atoms with Gasteiger partial charge in [-0.15, -0.1) is 0 Å². The molecule has 4 atom stereocenters. The molecule has 3 aliphatic rings. The summed E-state index contributed by atoms with van der Waals surface area (Å²) >= 11 is 0. The van der Waals surface area contributed by atoms with E-state index in [1.165, 1.54) is 64.2 Å². The van der Waals surface area contributed by atoms with Crippen LogP contribution in [0, 0.1) is 17.8 Å². The Hall–Kier alpha value is -0.0800. The summed E-state index contributed by atoms with van der Waals surface area (Å²) in [6.45, 7) is 4.23. The molecule has 0 bridgehead atoms. The van der Waals surface area contributed by atoms with Gasteiger partial charge in [-0.1, -0.05) is 32.6 Å². The third-order valence-electron chi connectivity index (χ3n) is 5.84. The Morgan fingerprint density at radius 2 is 1.25 bits per heavy atom. The van der Waals surface area contributed by atoms with Crippen LogP contribution in [0.15, 0.2) is 0 Å². The highest BCUT2D eigenvalue weighted by Gasteiger charge is 2.34. The molecular formula is C18H32O2. The highest BCUT2D eigenvalue weighted by molar-refractivity contribution is 4.83. The second-order valence-corrected chi connectivity index (χ2v) is 7.52. The van der Waals surface area contributed by atoms with E-state index < -0.39 is 0 Å². The van der Waals surface area contributed by atoms with Crippen LogP contribution < -0.4 is 0 Å². The van der Waals surface area contributed by atoms with E-state index in [1.807, 2.05) is 0 Å². The molecule has 116 valence electrons. The zero-order valence-electron chi connectivity index (χ0n) is 13.2. The van der Waals surface area contributed by atoms with E-state index in [-0.39, 0.29) is 0 Å². The fraction of sp³-hybridized carbons (Fsp3) is 1.00. The first-order valence-corrected chi connectivity index (χ1v) is 9.06. The van der Waals surface area contributed by atoms with Gasteiger partial charge in [-0.05, 0) is 50.4 Å². The van der Waals surface area contributed by atoms with Crippen LogP contribution in [-0.2, 0) is 9.47 Å². The van der Waals surface area contributed by atoms with Gasteiger partial charge in [0, 0.05) is 12.5 Å². The van der Waals surface area contributed by atoms with Crippen LogP contribution in [0.3, 0.4) is 0 Å². The van der Waals surface area contributed by atoms with Gasteiger partial charge in [0.25, 0.3) is 0 Å². The van der Waals surface area contributed by atoms with Crippen LogP contribution in [0.5, 0.6) is 0 Å². The standard InChI is InChI=1S/C18H32O2/c1-14-8-10-18(19-12-14)16-9-11-17(20-13-16)15-6-4-2-3-5-7-15/h14-18H,2-13H2,1H3/t14-,16+,17-,18-/m0/s1. The van der Waals surface area contributed by atoms with Crippen molar-refractivity contribution in [3.05, 3.63) is 0 Å². The Balaban J connectivity index is 1.44. The average Bonchev–Trinajstić information content (AvgIpc) is 2.77. The SMILES string of the molecule is C[C@H]1CC[C@@H]([C@@H]2CC[C@@H](C3CCCCCC3)OC2)OC1. The van der Waals surface area contributed by atoms with Crippen LogP contribution in [0.2, 0.25) is 0 Å². The zero-order chi connectivity index (χ0) is 13.8. The molecule has 0 spiro atoms. The zero-order valence-corrected chi connectivity index (χ0v) is 13.2. The number of hydrogen-bond donors (Lipinski definition) is 0. The molecule has 2 aliphatic heterocycles. The third-order valence-corrected chi connectivity index (χ3v) is 5.84. The van der Waals surface area contributed by atoms with Crippen LogP contribution in [0.4, 0.5) is 0 Å². The number of ether oxygens (including phenoxy) is 2. The summed E-state index contributed by atoms with van der Waals surface area (Å²) in [6.07, 6.45) is 14.8. The molecule has 1 saturated carbocycles. The smallest absolute Gasteiger partial charge is 0.0625 e. The highest BCUT2D eigenvalue weighted by atomic mass is 16.5. The van der Waals surface area contributed by atoms with Gasteiger partial charge in [0.15, 0.2) is 0 Å². The summed E-state index contributed by atoms with van der Waals surface area (Å²) in [4.78, 5) is 0. The molecule has 2 heteroatoms. The molecule has 0 aromatic carbocycles. The number of rotatable bonds is 2. The van der Waals surface area contributed by atoms with E-state index in [4.69, 9.17) is 9.47 Å². The van der Waals surface area contributed by atoms with Crippen molar-refractivity contribution in [2.75, 3.05) is 13.2 Å². The molecule has 3 rings (SSSR count). The van der Waals surface area contributed by atoms with Crippen molar-refractivity contribution in [2.24, 2.45) is 17.8 Å². The van der Waals surface area contributed by atoms with Gasteiger partial charge < -0.3 is 9.47 Å². The summed E-state index contributed by atoms with van der Waals surface area (Å²) in [6, 6.07) is 0. The summed E-state index contributed by atoms with van der Waals surface area (Å²) in [5.41, 5.74) is 0. The molecule has 0 amide bonds. The van der Waals surface area contributed by atoms with E-state index in [0.29, 0.717) is 18.1 Å². The molecule has 0 aromatic rings. The minimum absolute atomic E-state index is 0.487. The largest absolute Gasteiger partial charge is 0.378 e. The molecular weight excluding hydrogens is 248 g/mol. The molecule has 2 nitrogen and oxygen atoms in total. The van der Waals surface area contributed by atoms with E-state index in [0.717, 1.165) is 25.0 Å². The Morgan fingerprint density at radius 3 is 1.85 bits per heavy atom. The summed E-state index contributed by atoms with van der Waals surface area (Å²) in [5.74, 6) is 2.28. The molecule has 0 radical (unpaired) electrons. The second-order valence-electron chi connectivity index (χ2n) is 7.52. The maximum atomic E-state index is 6.29. The van der Waals surface area contributed by atoms with Crippen LogP contribution >= 0.6 is 0 Å². The molecule has 1 aliphatic carbocycles. The lowest BCUT2D eigenvalue weighted by atomic mass is 9.83. The van der Waals surface area contributed by atoms with Gasteiger partial charge >= 0.3 is 0 Å². The van der Waals surface area contributed by atoms with E-state index in [9.17, 15) is 0 Å². The normalized spacial score (nSPS) is 41.2. The molecule has 2 heterocycles. The Morgan fingerprint density at radius 1 is 0.600 bits per heavy atom. The lowest BCUT2D eigenvalue weighted by Gasteiger charge is -2.39. The van der Waals surface area contributed by atoms with E-state index >= 15 is 0 Å². The maximum Gasteiger partial charge on any atom is 0.0625 e. The number of hydrogen-bond acceptors (Lipinski definition) is 2. The predicted octanol–water partition coefficient (Wildman–Crippen LogP) is 4.57. The molecule has 0 aromatic heterocycles. The van der Waals surface area contributed by atoms with Gasteiger partial charge in [0.1, 0.15) is 0 Å².